The van der Waals surface area contributed by atoms with Gasteiger partial charge in [0.15, 0.2) is 0 Å². The third kappa shape index (κ3) is 6.70. The first-order chi connectivity index (χ1) is 7.58. The lowest BCUT2D eigenvalue weighted by atomic mass is 10.5. The summed E-state index contributed by atoms with van der Waals surface area (Å²) in [6, 6.07) is 0. The molecule has 0 bridgehead atoms. The zero-order valence-electron chi connectivity index (χ0n) is 9.98. The van der Waals surface area contributed by atoms with Crippen LogP contribution in [0.5, 0.6) is 0 Å². The van der Waals surface area contributed by atoms with Gasteiger partial charge in [-0.15, -0.1) is 0 Å². The van der Waals surface area contributed by atoms with Crippen molar-refractivity contribution in [2.45, 2.75) is 20.3 Å². The summed E-state index contributed by atoms with van der Waals surface area (Å²) in [4.78, 5) is 0. The summed E-state index contributed by atoms with van der Waals surface area (Å²) in [5, 5.41) is 8.56. The first-order valence-corrected chi connectivity index (χ1v) is 8.11. The summed E-state index contributed by atoms with van der Waals surface area (Å²) in [5.41, 5.74) is 0. The second kappa shape index (κ2) is 9.23. The summed E-state index contributed by atoms with van der Waals surface area (Å²) in [6.07, 6.45) is 0.757. The van der Waals surface area contributed by atoms with Gasteiger partial charge in [0.05, 0.1) is 0 Å². The summed E-state index contributed by atoms with van der Waals surface area (Å²) in [5.74, 6) is 1.60. The molecular formula is C9H22N2O3S2. The largest absolute Gasteiger partial charge is 0.396 e. The van der Waals surface area contributed by atoms with E-state index in [0.717, 1.165) is 17.9 Å². The van der Waals surface area contributed by atoms with Gasteiger partial charge in [-0.05, 0) is 12.2 Å². The van der Waals surface area contributed by atoms with Gasteiger partial charge in [-0.3, -0.25) is 0 Å². The Kier molecular flexibility index (Phi) is 9.34. The molecule has 7 heteroatoms. The van der Waals surface area contributed by atoms with Crippen LogP contribution in [0.25, 0.3) is 0 Å². The number of aliphatic hydroxyl groups excluding tert-OH is 1. The highest BCUT2D eigenvalue weighted by atomic mass is 32.2. The average Bonchev–Trinajstić information content (AvgIpc) is 2.24. The molecule has 0 aliphatic rings. The maximum absolute atomic E-state index is 11.6. The Morgan fingerprint density at radius 2 is 1.88 bits per heavy atom. The zero-order valence-corrected chi connectivity index (χ0v) is 11.6. The van der Waals surface area contributed by atoms with Gasteiger partial charge in [0, 0.05) is 32.0 Å². The van der Waals surface area contributed by atoms with Gasteiger partial charge in [-0.2, -0.15) is 24.5 Å². The Balaban J connectivity index is 3.74. The van der Waals surface area contributed by atoms with E-state index in [1.165, 1.54) is 4.31 Å². The number of rotatable bonds is 10. The van der Waals surface area contributed by atoms with Gasteiger partial charge in [0.25, 0.3) is 10.2 Å². The SMILES string of the molecule is CCN(CC)S(=O)(=O)NCCSCCCO. The van der Waals surface area contributed by atoms with Crippen molar-refractivity contribution < 1.29 is 13.5 Å². The lowest BCUT2D eigenvalue weighted by Crippen LogP contribution is -2.41. The van der Waals surface area contributed by atoms with Crippen molar-refractivity contribution in [2.24, 2.45) is 0 Å². The van der Waals surface area contributed by atoms with E-state index in [9.17, 15) is 8.42 Å². The van der Waals surface area contributed by atoms with Crippen LogP contribution >= 0.6 is 11.8 Å². The topological polar surface area (TPSA) is 69.6 Å². The second-order valence-electron chi connectivity index (χ2n) is 3.17. The highest BCUT2D eigenvalue weighted by Gasteiger charge is 2.16. The minimum absolute atomic E-state index is 0.193. The van der Waals surface area contributed by atoms with Crippen molar-refractivity contribution in [1.29, 1.82) is 0 Å². The van der Waals surface area contributed by atoms with Gasteiger partial charge in [-0.1, -0.05) is 13.8 Å². The van der Waals surface area contributed by atoms with Crippen molar-refractivity contribution in [3.05, 3.63) is 0 Å². The first kappa shape index (κ1) is 16.2. The summed E-state index contributed by atoms with van der Waals surface area (Å²) >= 11 is 1.64. The fraction of sp³-hybridized carbons (Fsp3) is 1.00. The van der Waals surface area contributed by atoms with E-state index in [0.29, 0.717) is 19.6 Å². The van der Waals surface area contributed by atoms with Gasteiger partial charge in [0.2, 0.25) is 0 Å². The molecule has 16 heavy (non-hydrogen) atoms. The predicted molar refractivity (Wildman–Crippen MR) is 68.9 cm³/mol. The number of nitrogens with zero attached hydrogens (tertiary/aromatic N) is 1. The molecule has 0 aliphatic heterocycles. The van der Waals surface area contributed by atoms with Crippen LogP contribution in [0.15, 0.2) is 0 Å². The van der Waals surface area contributed by atoms with E-state index in [1.807, 2.05) is 13.8 Å². The van der Waals surface area contributed by atoms with E-state index in [2.05, 4.69) is 4.72 Å². The van der Waals surface area contributed by atoms with Crippen LogP contribution in [-0.4, -0.2) is 55.6 Å². The fourth-order valence-electron chi connectivity index (χ4n) is 1.17. The van der Waals surface area contributed by atoms with Crippen molar-refractivity contribution in [2.75, 3.05) is 37.7 Å². The average molecular weight is 270 g/mol. The van der Waals surface area contributed by atoms with Crippen LogP contribution < -0.4 is 4.72 Å². The minimum atomic E-state index is -3.29. The maximum atomic E-state index is 11.6. The van der Waals surface area contributed by atoms with E-state index in [-0.39, 0.29) is 6.61 Å². The van der Waals surface area contributed by atoms with Gasteiger partial charge >= 0.3 is 0 Å². The Morgan fingerprint density at radius 3 is 2.38 bits per heavy atom. The van der Waals surface area contributed by atoms with Gasteiger partial charge in [-0.25, -0.2) is 4.72 Å². The molecular weight excluding hydrogens is 248 g/mol. The third-order valence-electron chi connectivity index (χ3n) is 2.02. The van der Waals surface area contributed by atoms with E-state index < -0.39 is 10.2 Å². The Hall–Kier alpha value is 0.180. The number of thioether (sulfide) groups is 1. The van der Waals surface area contributed by atoms with Gasteiger partial charge < -0.3 is 5.11 Å². The predicted octanol–water partition coefficient (Wildman–Crippen LogP) is 0.278. The molecule has 0 aromatic rings. The number of hydrogen-bond donors (Lipinski definition) is 2. The molecule has 2 N–H and O–H groups in total. The standard InChI is InChI=1S/C9H22N2O3S2/c1-3-11(4-2)16(13,14)10-6-9-15-8-5-7-12/h10,12H,3-9H2,1-2H3. The lowest BCUT2D eigenvalue weighted by Gasteiger charge is -2.18. The minimum Gasteiger partial charge on any atom is -0.396 e. The monoisotopic (exact) mass is 270 g/mol. The quantitative estimate of drug-likeness (QED) is 0.559. The molecule has 0 fully saturated rings. The van der Waals surface area contributed by atoms with Crippen LogP contribution in [0.2, 0.25) is 0 Å². The Bertz CT molecular complexity index is 253. The molecule has 0 aromatic carbocycles. The molecule has 0 unspecified atom stereocenters. The highest BCUT2D eigenvalue weighted by Crippen LogP contribution is 2.01. The van der Waals surface area contributed by atoms with Crippen LogP contribution in [0.3, 0.4) is 0 Å². The molecule has 5 nitrogen and oxygen atoms in total. The highest BCUT2D eigenvalue weighted by molar-refractivity contribution is 7.99. The molecule has 0 saturated carbocycles. The molecule has 0 heterocycles. The van der Waals surface area contributed by atoms with Crippen LogP contribution in [0, 0.1) is 0 Å². The van der Waals surface area contributed by atoms with Crippen LogP contribution in [-0.2, 0) is 10.2 Å². The van der Waals surface area contributed by atoms with E-state index in [4.69, 9.17) is 5.11 Å². The van der Waals surface area contributed by atoms with Crippen LogP contribution in [0.1, 0.15) is 20.3 Å². The van der Waals surface area contributed by atoms with Gasteiger partial charge in [0.1, 0.15) is 0 Å². The Labute approximate surface area is 103 Å². The normalized spacial score (nSPS) is 12.2. The third-order valence-corrected chi connectivity index (χ3v) is 4.86. The molecule has 0 radical (unpaired) electrons. The number of aliphatic hydroxyl groups is 1. The van der Waals surface area contributed by atoms with E-state index in [1.54, 1.807) is 11.8 Å². The molecule has 0 aromatic heterocycles. The Morgan fingerprint density at radius 1 is 1.25 bits per heavy atom. The zero-order chi connectivity index (χ0) is 12.4. The fourth-order valence-corrected chi connectivity index (χ4v) is 3.30. The van der Waals surface area contributed by atoms with E-state index >= 15 is 0 Å². The molecule has 98 valence electrons. The maximum Gasteiger partial charge on any atom is 0.279 e. The smallest absolute Gasteiger partial charge is 0.279 e. The van der Waals surface area contributed by atoms with Crippen molar-refractivity contribution in [3.8, 4) is 0 Å². The van der Waals surface area contributed by atoms with Crippen molar-refractivity contribution in [1.82, 2.24) is 9.03 Å². The molecule has 0 amide bonds. The molecule has 0 rings (SSSR count). The lowest BCUT2D eigenvalue weighted by molar-refractivity contribution is 0.296. The first-order valence-electron chi connectivity index (χ1n) is 5.51. The summed E-state index contributed by atoms with van der Waals surface area (Å²) < 4.78 is 27.2. The molecule has 0 atom stereocenters. The molecule has 0 aliphatic carbocycles. The van der Waals surface area contributed by atoms with Crippen molar-refractivity contribution >= 4 is 22.0 Å². The van der Waals surface area contributed by atoms with Crippen LogP contribution in [0.4, 0.5) is 0 Å². The summed E-state index contributed by atoms with van der Waals surface area (Å²) in [7, 11) is -3.29. The van der Waals surface area contributed by atoms with Crippen molar-refractivity contribution in [3.63, 3.8) is 0 Å². The molecule has 0 saturated heterocycles. The second-order valence-corrected chi connectivity index (χ2v) is 6.15. The number of nitrogens with one attached hydrogen (secondary N) is 1. The number of hydrogen-bond acceptors (Lipinski definition) is 4. The summed E-state index contributed by atoms with van der Waals surface area (Å²) in [6.45, 7) is 5.25. The molecule has 0 spiro atoms.